The zero-order valence-electron chi connectivity index (χ0n) is 14.3. The van der Waals surface area contributed by atoms with Crippen LogP contribution in [0, 0.1) is 0 Å². The Balaban J connectivity index is 1.94. The number of carbonyl (C=O) groups is 1. The van der Waals surface area contributed by atoms with E-state index in [1.165, 1.54) is 12.1 Å². The molecule has 1 aliphatic rings. The van der Waals surface area contributed by atoms with Gasteiger partial charge in [0, 0.05) is 16.8 Å². The van der Waals surface area contributed by atoms with Crippen LogP contribution < -0.4 is 9.21 Å². The summed E-state index contributed by atoms with van der Waals surface area (Å²) in [7, 11) is -3.71. The van der Waals surface area contributed by atoms with Crippen LogP contribution in [0.3, 0.4) is 0 Å². The number of hydrogen-bond donors (Lipinski definition) is 0. The molecule has 138 valence electrons. The number of nitrogens with zero attached hydrogens (tertiary/aromatic N) is 2. The molecule has 1 aliphatic heterocycles. The van der Waals surface area contributed by atoms with E-state index in [4.69, 9.17) is 23.2 Å². The number of anilines is 2. The Morgan fingerprint density at radius 2 is 1.92 bits per heavy atom. The summed E-state index contributed by atoms with van der Waals surface area (Å²) in [6.45, 7) is 1.61. The molecular weight excluding hydrogens is 395 g/mol. The molecule has 1 amide bonds. The van der Waals surface area contributed by atoms with Gasteiger partial charge in [-0.05, 0) is 43.2 Å². The molecule has 0 spiro atoms. The van der Waals surface area contributed by atoms with Crippen LogP contribution >= 0.6 is 23.2 Å². The molecule has 0 fully saturated rings. The van der Waals surface area contributed by atoms with E-state index in [1.807, 2.05) is 31.2 Å². The van der Waals surface area contributed by atoms with Crippen molar-refractivity contribution in [2.75, 3.05) is 22.0 Å². The topological polar surface area (TPSA) is 57.7 Å². The number of para-hydroxylation sites is 1. The summed E-state index contributed by atoms with van der Waals surface area (Å²) in [5.41, 5.74) is 2.12. The second-order valence-corrected chi connectivity index (χ2v) is 9.06. The monoisotopic (exact) mass is 412 g/mol. The molecule has 26 heavy (non-hydrogen) atoms. The van der Waals surface area contributed by atoms with Gasteiger partial charge < -0.3 is 4.90 Å². The SMILES string of the molecule is C[C@@H]1Cc2ccccc2N1C(=O)CN(c1ccc(Cl)cc1Cl)S(C)(=O)=O. The quantitative estimate of drug-likeness (QED) is 0.768. The van der Waals surface area contributed by atoms with Crippen molar-refractivity contribution in [2.24, 2.45) is 0 Å². The van der Waals surface area contributed by atoms with Crippen molar-refractivity contribution in [1.82, 2.24) is 0 Å². The Morgan fingerprint density at radius 1 is 1.23 bits per heavy atom. The first kappa shape index (κ1) is 19.0. The maximum absolute atomic E-state index is 13.0. The summed E-state index contributed by atoms with van der Waals surface area (Å²) < 4.78 is 25.6. The highest BCUT2D eigenvalue weighted by atomic mass is 35.5. The van der Waals surface area contributed by atoms with Crippen molar-refractivity contribution >= 4 is 50.5 Å². The normalized spacial score (nSPS) is 16.5. The molecular formula is C18H18Cl2N2O3S. The van der Waals surface area contributed by atoms with Gasteiger partial charge in [0.15, 0.2) is 0 Å². The van der Waals surface area contributed by atoms with Gasteiger partial charge in [0.1, 0.15) is 6.54 Å². The highest BCUT2D eigenvalue weighted by molar-refractivity contribution is 7.92. The lowest BCUT2D eigenvalue weighted by molar-refractivity contribution is -0.117. The van der Waals surface area contributed by atoms with E-state index < -0.39 is 10.0 Å². The number of rotatable bonds is 4. The van der Waals surface area contributed by atoms with Crippen LogP contribution in [-0.4, -0.2) is 33.2 Å². The van der Waals surface area contributed by atoms with Crippen molar-refractivity contribution in [2.45, 2.75) is 19.4 Å². The van der Waals surface area contributed by atoms with Crippen LogP contribution in [-0.2, 0) is 21.2 Å². The fraction of sp³-hybridized carbons (Fsp3) is 0.278. The fourth-order valence-electron chi connectivity index (χ4n) is 3.21. The van der Waals surface area contributed by atoms with Gasteiger partial charge in [-0.25, -0.2) is 8.42 Å². The van der Waals surface area contributed by atoms with Crippen LogP contribution in [0.15, 0.2) is 42.5 Å². The lowest BCUT2D eigenvalue weighted by Crippen LogP contribution is -2.45. The van der Waals surface area contributed by atoms with Gasteiger partial charge in [-0.15, -0.1) is 0 Å². The Bertz CT molecular complexity index is 963. The van der Waals surface area contributed by atoms with E-state index in [0.717, 1.165) is 28.2 Å². The molecule has 0 saturated heterocycles. The summed E-state index contributed by atoms with van der Waals surface area (Å²) in [4.78, 5) is 14.6. The van der Waals surface area contributed by atoms with Crippen LogP contribution in [0.25, 0.3) is 0 Å². The minimum absolute atomic E-state index is 0.0398. The molecule has 2 aromatic rings. The number of amides is 1. The van der Waals surface area contributed by atoms with Crippen LogP contribution in [0.1, 0.15) is 12.5 Å². The van der Waals surface area contributed by atoms with Gasteiger partial charge in [-0.1, -0.05) is 41.4 Å². The highest BCUT2D eigenvalue weighted by Crippen LogP contribution is 2.34. The zero-order chi connectivity index (χ0) is 19.1. The van der Waals surface area contributed by atoms with E-state index in [2.05, 4.69) is 0 Å². The van der Waals surface area contributed by atoms with Crippen molar-refractivity contribution in [3.63, 3.8) is 0 Å². The molecule has 0 saturated carbocycles. The molecule has 1 heterocycles. The molecule has 0 N–H and O–H groups in total. The molecule has 0 aliphatic carbocycles. The minimum Gasteiger partial charge on any atom is -0.307 e. The van der Waals surface area contributed by atoms with Gasteiger partial charge >= 0.3 is 0 Å². The number of fused-ring (bicyclic) bond motifs is 1. The van der Waals surface area contributed by atoms with Gasteiger partial charge in [0.2, 0.25) is 15.9 Å². The second-order valence-electron chi connectivity index (χ2n) is 6.31. The molecule has 0 bridgehead atoms. The van der Waals surface area contributed by atoms with Crippen LogP contribution in [0.2, 0.25) is 10.0 Å². The first-order chi connectivity index (χ1) is 12.2. The van der Waals surface area contributed by atoms with E-state index in [-0.39, 0.29) is 29.2 Å². The molecule has 5 nitrogen and oxygen atoms in total. The largest absolute Gasteiger partial charge is 0.307 e. The first-order valence-corrected chi connectivity index (χ1v) is 10.6. The fourth-order valence-corrected chi connectivity index (χ4v) is 4.63. The van der Waals surface area contributed by atoms with Gasteiger partial charge in [-0.2, -0.15) is 0 Å². The van der Waals surface area contributed by atoms with E-state index in [0.29, 0.717) is 5.02 Å². The molecule has 1 atom stereocenters. The van der Waals surface area contributed by atoms with Gasteiger partial charge in [-0.3, -0.25) is 9.10 Å². The van der Waals surface area contributed by atoms with Crippen molar-refractivity contribution in [3.05, 3.63) is 58.1 Å². The van der Waals surface area contributed by atoms with E-state index in [9.17, 15) is 13.2 Å². The first-order valence-electron chi connectivity index (χ1n) is 8.01. The number of hydrogen-bond acceptors (Lipinski definition) is 3. The predicted octanol–water partition coefficient (Wildman–Crippen LogP) is 3.74. The second kappa shape index (κ2) is 7.10. The lowest BCUT2D eigenvalue weighted by atomic mass is 10.1. The zero-order valence-corrected chi connectivity index (χ0v) is 16.6. The van der Waals surface area contributed by atoms with Gasteiger partial charge in [0.05, 0.1) is 17.0 Å². The number of benzene rings is 2. The molecule has 0 unspecified atom stereocenters. The van der Waals surface area contributed by atoms with Crippen molar-refractivity contribution in [3.8, 4) is 0 Å². The molecule has 3 rings (SSSR count). The minimum atomic E-state index is -3.71. The molecule has 8 heteroatoms. The maximum Gasteiger partial charge on any atom is 0.248 e. The smallest absolute Gasteiger partial charge is 0.248 e. The number of sulfonamides is 1. The summed E-state index contributed by atoms with van der Waals surface area (Å²) in [5, 5.41) is 0.561. The Kier molecular flexibility index (Phi) is 5.19. The van der Waals surface area contributed by atoms with Crippen LogP contribution in [0.5, 0.6) is 0 Å². The summed E-state index contributed by atoms with van der Waals surface area (Å²) in [5.74, 6) is -0.307. The lowest BCUT2D eigenvalue weighted by Gasteiger charge is -2.28. The Hall–Kier alpha value is -1.76. The van der Waals surface area contributed by atoms with Crippen molar-refractivity contribution < 1.29 is 13.2 Å². The summed E-state index contributed by atoms with van der Waals surface area (Å²) >= 11 is 12.1. The standard InChI is InChI=1S/C18H18Cl2N2O3S/c1-12-9-13-5-3-4-6-16(13)22(12)18(23)11-21(26(2,24)25)17-8-7-14(19)10-15(17)20/h3-8,10,12H,9,11H2,1-2H3/t12-/m1/s1. The third-order valence-corrected chi connectivity index (χ3v) is 6.00. The van der Waals surface area contributed by atoms with Crippen LogP contribution in [0.4, 0.5) is 11.4 Å². The number of carbonyl (C=O) groups excluding carboxylic acids is 1. The average molecular weight is 413 g/mol. The van der Waals surface area contributed by atoms with Crippen molar-refractivity contribution in [1.29, 1.82) is 0 Å². The summed E-state index contributed by atoms with van der Waals surface area (Å²) in [6.07, 6.45) is 1.79. The Morgan fingerprint density at radius 3 is 2.58 bits per heavy atom. The van der Waals surface area contributed by atoms with Gasteiger partial charge in [0.25, 0.3) is 0 Å². The Labute approximate surface area is 163 Å². The summed E-state index contributed by atoms with van der Waals surface area (Å²) in [6, 6.07) is 12.1. The maximum atomic E-state index is 13.0. The molecule has 0 radical (unpaired) electrons. The van der Waals surface area contributed by atoms with E-state index in [1.54, 1.807) is 11.0 Å². The molecule has 2 aromatic carbocycles. The molecule has 0 aromatic heterocycles. The number of halogens is 2. The third kappa shape index (κ3) is 3.68. The highest BCUT2D eigenvalue weighted by Gasteiger charge is 2.33. The third-order valence-electron chi connectivity index (χ3n) is 4.33. The average Bonchev–Trinajstić information content (AvgIpc) is 2.88. The predicted molar refractivity (Wildman–Crippen MR) is 106 cm³/mol. The van der Waals surface area contributed by atoms with E-state index >= 15 is 0 Å².